The zero-order valence-electron chi connectivity index (χ0n) is 16.8. The quantitative estimate of drug-likeness (QED) is 0.570. The molecule has 0 unspecified atom stereocenters. The van der Waals surface area contributed by atoms with Crippen LogP contribution in [0.15, 0.2) is 24.3 Å². The highest BCUT2D eigenvalue weighted by Gasteiger charge is 2.28. The molecular formula is C22H20ClFN4O3. The molecule has 31 heavy (non-hydrogen) atoms. The Kier molecular flexibility index (Phi) is 6.05. The van der Waals surface area contributed by atoms with E-state index < -0.39 is 5.82 Å². The van der Waals surface area contributed by atoms with Crippen molar-refractivity contribution in [3.63, 3.8) is 0 Å². The molecule has 0 saturated heterocycles. The molecule has 4 rings (SSSR count). The van der Waals surface area contributed by atoms with Crippen molar-refractivity contribution in [3.05, 3.63) is 40.7 Å². The second kappa shape index (κ2) is 8.90. The molecule has 0 spiro atoms. The molecule has 1 fully saturated rings. The molecule has 2 aromatic heterocycles. The predicted molar refractivity (Wildman–Crippen MR) is 112 cm³/mol. The smallest absolute Gasteiger partial charge is 0.308 e. The van der Waals surface area contributed by atoms with Crippen LogP contribution >= 0.6 is 11.6 Å². The lowest BCUT2D eigenvalue weighted by molar-refractivity contribution is -0.149. The summed E-state index contributed by atoms with van der Waals surface area (Å²) >= 11 is 6.37. The van der Waals surface area contributed by atoms with Gasteiger partial charge < -0.3 is 14.5 Å². The first kappa shape index (κ1) is 21.1. The number of benzene rings is 1. The van der Waals surface area contributed by atoms with Crippen LogP contribution in [0.5, 0.6) is 6.01 Å². The molecule has 3 aromatic rings. The highest BCUT2D eigenvalue weighted by atomic mass is 35.5. The predicted octanol–water partition coefficient (Wildman–Crippen LogP) is 4.79. The second-order valence-electron chi connectivity index (χ2n) is 7.38. The number of aromatic amines is 1. The van der Waals surface area contributed by atoms with Gasteiger partial charge in [0.05, 0.1) is 34.3 Å². The van der Waals surface area contributed by atoms with Gasteiger partial charge in [-0.2, -0.15) is 10.2 Å². The van der Waals surface area contributed by atoms with Crippen molar-refractivity contribution in [1.29, 1.82) is 5.26 Å². The van der Waals surface area contributed by atoms with Crippen molar-refractivity contribution in [2.24, 2.45) is 5.92 Å². The number of esters is 1. The number of nitrogens with one attached hydrogen (secondary N) is 1. The molecule has 0 amide bonds. The number of rotatable bonds is 5. The van der Waals surface area contributed by atoms with Crippen LogP contribution in [0.1, 0.15) is 38.2 Å². The second-order valence-corrected chi connectivity index (χ2v) is 7.79. The Hall–Kier alpha value is -3.18. The first-order valence-electron chi connectivity index (χ1n) is 10.1. The van der Waals surface area contributed by atoms with Gasteiger partial charge in [0.1, 0.15) is 18.0 Å². The van der Waals surface area contributed by atoms with Gasteiger partial charge >= 0.3 is 5.97 Å². The molecule has 1 aliphatic rings. The first-order chi connectivity index (χ1) is 15.0. The van der Waals surface area contributed by atoms with E-state index in [9.17, 15) is 9.18 Å². The highest BCUT2D eigenvalue weighted by Crippen LogP contribution is 2.32. The third-order valence-electron chi connectivity index (χ3n) is 5.34. The van der Waals surface area contributed by atoms with Gasteiger partial charge in [-0.25, -0.2) is 9.37 Å². The molecule has 1 saturated carbocycles. The van der Waals surface area contributed by atoms with E-state index in [0.29, 0.717) is 52.9 Å². The number of H-pyrrole nitrogens is 1. The Bertz CT molecular complexity index is 1170. The van der Waals surface area contributed by atoms with E-state index in [-0.39, 0.29) is 23.6 Å². The SMILES string of the molecule is CCOC(=O)C1CCC(Oc2nc3nc(-c4ccc(F)c(C#N)c4)c(Cl)cc3[nH]2)CC1. The van der Waals surface area contributed by atoms with E-state index >= 15 is 0 Å². The van der Waals surface area contributed by atoms with Gasteiger partial charge in [-0.15, -0.1) is 0 Å². The molecule has 0 radical (unpaired) electrons. The molecule has 0 atom stereocenters. The van der Waals surface area contributed by atoms with Crippen molar-refractivity contribution >= 4 is 28.7 Å². The number of halogens is 2. The summed E-state index contributed by atoms with van der Waals surface area (Å²) in [6.45, 7) is 2.19. The lowest BCUT2D eigenvalue weighted by atomic mass is 9.87. The van der Waals surface area contributed by atoms with Gasteiger partial charge in [-0.3, -0.25) is 4.79 Å². The Morgan fingerprint density at radius 1 is 1.29 bits per heavy atom. The maximum absolute atomic E-state index is 13.6. The Balaban J connectivity index is 1.51. The number of imidazole rings is 1. The summed E-state index contributed by atoms with van der Waals surface area (Å²) < 4.78 is 24.7. The molecule has 9 heteroatoms. The van der Waals surface area contributed by atoms with Gasteiger partial charge in [0.25, 0.3) is 6.01 Å². The summed E-state index contributed by atoms with van der Waals surface area (Å²) in [5, 5.41) is 9.40. The van der Waals surface area contributed by atoms with Crippen LogP contribution in [0.3, 0.4) is 0 Å². The monoisotopic (exact) mass is 442 g/mol. The van der Waals surface area contributed by atoms with Gasteiger partial charge in [0.2, 0.25) is 0 Å². The Labute approximate surface area is 183 Å². The van der Waals surface area contributed by atoms with Crippen molar-refractivity contribution in [2.45, 2.75) is 38.7 Å². The van der Waals surface area contributed by atoms with E-state index in [1.165, 1.54) is 18.2 Å². The molecule has 0 bridgehead atoms. The molecule has 1 aromatic carbocycles. The van der Waals surface area contributed by atoms with Crippen molar-refractivity contribution < 1.29 is 18.7 Å². The largest absolute Gasteiger partial charge is 0.466 e. The van der Waals surface area contributed by atoms with E-state index in [0.717, 1.165) is 12.8 Å². The lowest BCUT2D eigenvalue weighted by Crippen LogP contribution is -2.29. The minimum Gasteiger partial charge on any atom is -0.466 e. The van der Waals surface area contributed by atoms with Crippen LogP contribution in [-0.2, 0) is 9.53 Å². The number of pyridine rings is 1. The fourth-order valence-corrected chi connectivity index (χ4v) is 4.01. The average Bonchev–Trinajstić information content (AvgIpc) is 3.15. The molecular weight excluding hydrogens is 423 g/mol. The number of nitrogens with zero attached hydrogens (tertiary/aromatic N) is 3. The lowest BCUT2D eigenvalue weighted by Gasteiger charge is -2.26. The normalized spacial score (nSPS) is 18.5. The maximum atomic E-state index is 13.6. The third-order valence-corrected chi connectivity index (χ3v) is 5.63. The van der Waals surface area contributed by atoms with Gasteiger partial charge in [0, 0.05) is 5.56 Å². The van der Waals surface area contributed by atoms with Gasteiger partial charge in [-0.05, 0) is 56.9 Å². The number of fused-ring (bicyclic) bond motifs is 1. The Morgan fingerprint density at radius 3 is 2.77 bits per heavy atom. The molecule has 7 nitrogen and oxygen atoms in total. The summed E-state index contributed by atoms with van der Waals surface area (Å²) in [6, 6.07) is 7.94. The van der Waals surface area contributed by atoms with Crippen molar-refractivity contribution in [1.82, 2.24) is 15.0 Å². The highest BCUT2D eigenvalue weighted by molar-refractivity contribution is 6.33. The van der Waals surface area contributed by atoms with Crippen molar-refractivity contribution in [2.75, 3.05) is 6.61 Å². The fraction of sp³-hybridized carbons (Fsp3) is 0.364. The number of aromatic nitrogens is 3. The minimum atomic E-state index is -0.600. The number of carbonyl (C=O) groups excluding carboxylic acids is 1. The van der Waals surface area contributed by atoms with Crippen LogP contribution < -0.4 is 4.74 Å². The third kappa shape index (κ3) is 4.47. The summed E-state index contributed by atoms with van der Waals surface area (Å²) in [7, 11) is 0. The van der Waals surface area contributed by atoms with E-state index in [1.54, 1.807) is 13.0 Å². The van der Waals surface area contributed by atoms with E-state index in [1.807, 2.05) is 6.07 Å². The number of hydrogen-bond acceptors (Lipinski definition) is 6. The first-order valence-corrected chi connectivity index (χ1v) is 10.5. The van der Waals surface area contributed by atoms with Gasteiger partial charge in [0.15, 0.2) is 5.65 Å². The van der Waals surface area contributed by atoms with E-state index in [2.05, 4.69) is 15.0 Å². The van der Waals surface area contributed by atoms with Crippen LogP contribution in [0.4, 0.5) is 4.39 Å². The molecule has 2 heterocycles. The van der Waals surface area contributed by atoms with E-state index in [4.69, 9.17) is 26.3 Å². The summed E-state index contributed by atoms with van der Waals surface area (Å²) in [4.78, 5) is 23.8. The number of carbonyl (C=O) groups is 1. The summed E-state index contributed by atoms with van der Waals surface area (Å²) in [5.41, 5.74) is 1.84. The number of ether oxygens (including phenoxy) is 2. The summed E-state index contributed by atoms with van der Waals surface area (Å²) in [6.07, 6.45) is 2.82. The van der Waals surface area contributed by atoms with Crippen LogP contribution in [0.25, 0.3) is 22.4 Å². The molecule has 1 N–H and O–H groups in total. The standard InChI is InChI=1S/C22H20ClFN4O3/c1-2-30-21(29)12-3-6-15(7-4-12)31-22-26-18-10-16(23)19(27-20(18)28-22)13-5-8-17(24)14(9-13)11-25/h5,8-10,12,15H,2-4,6-7H2,1H3,(H,26,27,28). The van der Waals surface area contributed by atoms with Gasteiger partial charge in [-0.1, -0.05) is 11.6 Å². The zero-order valence-corrected chi connectivity index (χ0v) is 17.6. The van der Waals surface area contributed by atoms with Crippen LogP contribution in [0, 0.1) is 23.1 Å². The molecule has 0 aliphatic heterocycles. The Morgan fingerprint density at radius 2 is 2.06 bits per heavy atom. The number of hydrogen-bond donors (Lipinski definition) is 1. The maximum Gasteiger partial charge on any atom is 0.308 e. The van der Waals surface area contributed by atoms with Crippen LogP contribution in [-0.4, -0.2) is 33.6 Å². The molecule has 1 aliphatic carbocycles. The minimum absolute atomic E-state index is 0.0588. The zero-order chi connectivity index (χ0) is 22.0. The topological polar surface area (TPSA) is 101 Å². The van der Waals surface area contributed by atoms with Crippen LogP contribution in [0.2, 0.25) is 5.02 Å². The number of nitriles is 1. The molecule has 160 valence electrons. The fourth-order valence-electron chi connectivity index (χ4n) is 3.75. The summed E-state index contributed by atoms with van der Waals surface area (Å²) in [5.74, 6) is -0.819. The average molecular weight is 443 g/mol. The van der Waals surface area contributed by atoms with Crippen molar-refractivity contribution in [3.8, 4) is 23.3 Å².